The topological polar surface area (TPSA) is 71.1 Å². The molecule has 2 fully saturated rings. The van der Waals surface area contributed by atoms with Gasteiger partial charge >= 0.3 is 0 Å². The second kappa shape index (κ2) is 7.99. The standard InChI is InChI=1S/C20H26N4O2/c25-20(17-8-12-26-13-9-17)24-10-6-15(7-11-24)14-18-21-19(23-22-18)16-4-2-1-3-5-16/h1-5,15,17H,6-14H2,(H,21,22,23). The Bertz CT molecular complexity index is 716. The summed E-state index contributed by atoms with van der Waals surface area (Å²) in [5, 5.41) is 7.43. The third-order valence-corrected chi connectivity index (χ3v) is 5.54. The average molecular weight is 354 g/mol. The van der Waals surface area contributed by atoms with Crippen LogP contribution in [0.1, 0.15) is 31.5 Å². The van der Waals surface area contributed by atoms with Crippen LogP contribution in [0.25, 0.3) is 11.4 Å². The van der Waals surface area contributed by atoms with E-state index < -0.39 is 0 Å². The van der Waals surface area contributed by atoms with E-state index in [0.29, 0.717) is 11.8 Å². The molecule has 3 heterocycles. The van der Waals surface area contributed by atoms with E-state index >= 15 is 0 Å². The summed E-state index contributed by atoms with van der Waals surface area (Å²) in [6.07, 6.45) is 4.73. The van der Waals surface area contributed by atoms with Gasteiger partial charge in [-0.15, -0.1) is 0 Å². The highest BCUT2D eigenvalue weighted by Crippen LogP contribution is 2.25. The summed E-state index contributed by atoms with van der Waals surface area (Å²) in [5.74, 6) is 2.76. The molecule has 1 aromatic carbocycles. The molecule has 1 amide bonds. The van der Waals surface area contributed by atoms with E-state index in [1.807, 2.05) is 30.3 Å². The van der Waals surface area contributed by atoms with E-state index in [4.69, 9.17) is 4.74 Å². The van der Waals surface area contributed by atoms with Gasteiger partial charge in [-0.1, -0.05) is 30.3 Å². The van der Waals surface area contributed by atoms with Crippen molar-refractivity contribution in [1.82, 2.24) is 20.1 Å². The molecular formula is C20H26N4O2. The molecule has 138 valence electrons. The van der Waals surface area contributed by atoms with Gasteiger partial charge in [0.05, 0.1) is 0 Å². The van der Waals surface area contributed by atoms with Crippen molar-refractivity contribution in [2.24, 2.45) is 11.8 Å². The Balaban J connectivity index is 1.29. The van der Waals surface area contributed by atoms with Gasteiger partial charge in [0.2, 0.25) is 5.91 Å². The van der Waals surface area contributed by atoms with Crippen LogP contribution in [0.2, 0.25) is 0 Å². The summed E-state index contributed by atoms with van der Waals surface area (Å²) in [7, 11) is 0. The molecule has 1 N–H and O–H groups in total. The minimum atomic E-state index is 0.169. The number of rotatable bonds is 4. The first-order valence-corrected chi connectivity index (χ1v) is 9.63. The van der Waals surface area contributed by atoms with E-state index in [2.05, 4.69) is 20.1 Å². The lowest BCUT2D eigenvalue weighted by molar-refractivity contribution is -0.139. The monoisotopic (exact) mass is 354 g/mol. The number of carbonyl (C=O) groups is 1. The van der Waals surface area contributed by atoms with Gasteiger partial charge in [0.25, 0.3) is 0 Å². The van der Waals surface area contributed by atoms with Gasteiger partial charge in [0.15, 0.2) is 5.82 Å². The smallest absolute Gasteiger partial charge is 0.225 e. The Labute approximate surface area is 154 Å². The van der Waals surface area contributed by atoms with Crippen molar-refractivity contribution in [2.45, 2.75) is 32.1 Å². The highest BCUT2D eigenvalue weighted by Gasteiger charge is 2.29. The third kappa shape index (κ3) is 3.96. The molecule has 0 aliphatic carbocycles. The fourth-order valence-electron chi connectivity index (χ4n) is 3.94. The molecule has 2 saturated heterocycles. The SMILES string of the molecule is O=C(C1CCOCC1)N1CCC(Cc2nc(-c3ccccc3)n[nH]2)CC1. The minimum Gasteiger partial charge on any atom is -0.381 e. The van der Waals surface area contributed by atoms with E-state index in [-0.39, 0.29) is 5.92 Å². The van der Waals surface area contributed by atoms with Crippen LogP contribution in [0.15, 0.2) is 30.3 Å². The van der Waals surface area contributed by atoms with Crippen LogP contribution in [0.4, 0.5) is 0 Å². The van der Waals surface area contributed by atoms with Crippen molar-refractivity contribution in [1.29, 1.82) is 0 Å². The van der Waals surface area contributed by atoms with Crippen molar-refractivity contribution < 1.29 is 9.53 Å². The predicted octanol–water partition coefficient (Wildman–Crippen LogP) is 2.68. The molecule has 0 spiro atoms. The summed E-state index contributed by atoms with van der Waals surface area (Å²) < 4.78 is 5.37. The lowest BCUT2D eigenvalue weighted by Crippen LogP contribution is -2.43. The molecule has 6 nitrogen and oxygen atoms in total. The molecule has 0 bridgehead atoms. The molecule has 1 aromatic heterocycles. The number of likely N-dealkylation sites (tertiary alicyclic amines) is 1. The second-order valence-corrected chi connectivity index (χ2v) is 7.33. The summed E-state index contributed by atoms with van der Waals surface area (Å²) in [6.45, 7) is 3.17. The minimum absolute atomic E-state index is 0.169. The van der Waals surface area contributed by atoms with Crippen LogP contribution in [-0.4, -0.2) is 52.3 Å². The number of benzene rings is 1. The normalized spacial score (nSPS) is 19.6. The maximum Gasteiger partial charge on any atom is 0.225 e. The Kier molecular flexibility index (Phi) is 5.29. The largest absolute Gasteiger partial charge is 0.381 e. The predicted molar refractivity (Wildman–Crippen MR) is 98.4 cm³/mol. The van der Waals surface area contributed by atoms with Crippen molar-refractivity contribution in [3.8, 4) is 11.4 Å². The molecule has 6 heteroatoms. The molecule has 2 aromatic rings. The lowest BCUT2D eigenvalue weighted by Gasteiger charge is -2.35. The third-order valence-electron chi connectivity index (χ3n) is 5.54. The number of nitrogens with one attached hydrogen (secondary N) is 1. The van der Waals surface area contributed by atoms with Gasteiger partial charge < -0.3 is 9.64 Å². The Morgan fingerprint density at radius 1 is 1.12 bits per heavy atom. The first-order valence-electron chi connectivity index (χ1n) is 9.63. The lowest BCUT2D eigenvalue weighted by atomic mass is 9.91. The van der Waals surface area contributed by atoms with Crippen molar-refractivity contribution in [3.63, 3.8) is 0 Å². The van der Waals surface area contributed by atoms with Gasteiger partial charge in [-0.3, -0.25) is 9.89 Å². The quantitative estimate of drug-likeness (QED) is 0.916. The summed E-state index contributed by atoms with van der Waals surface area (Å²) in [4.78, 5) is 19.3. The fraction of sp³-hybridized carbons (Fsp3) is 0.550. The maximum absolute atomic E-state index is 12.6. The van der Waals surface area contributed by atoms with E-state index in [1.54, 1.807) is 0 Å². The number of hydrogen-bond acceptors (Lipinski definition) is 4. The van der Waals surface area contributed by atoms with E-state index in [0.717, 1.165) is 75.6 Å². The summed E-state index contributed by atoms with van der Waals surface area (Å²) in [5.41, 5.74) is 1.03. The zero-order valence-corrected chi connectivity index (χ0v) is 15.1. The molecule has 2 aliphatic heterocycles. The van der Waals surface area contributed by atoms with Crippen LogP contribution in [0.5, 0.6) is 0 Å². The number of aromatic nitrogens is 3. The van der Waals surface area contributed by atoms with E-state index in [1.165, 1.54) is 0 Å². The summed E-state index contributed by atoms with van der Waals surface area (Å²) in [6, 6.07) is 10.0. The van der Waals surface area contributed by atoms with Crippen molar-refractivity contribution >= 4 is 5.91 Å². The fourth-order valence-corrected chi connectivity index (χ4v) is 3.94. The van der Waals surface area contributed by atoms with Crippen LogP contribution in [0.3, 0.4) is 0 Å². The zero-order valence-electron chi connectivity index (χ0n) is 15.1. The Morgan fingerprint density at radius 2 is 1.85 bits per heavy atom. The highest BCUT2D eigenvalue weighted by atomic mass is 16.5. The average Bonchev–Trinajstić information content (AvgIpc) is 3.18. The van der Waals surface area contributed by atoms with E-state index in [9.17, 15) is 4.79 Å². The molecule has 26 heavy (non-hydrogen) atoms. The number of carbonyl (C=O) groups excluding carboxylic acids is 1. The number of nitrogens with zero attached hydrogens (tertiary/aromatic N) is 3. The number of H-pyrrole nitrogens is 1. The van der Waals surface area contributed by atoms with Gasteiger partial charge in [-0.25, -0.2) is 4.98 Å². The molecule has 4 rings (SSSR count). The van der Waals surface area contributed by atoms with Crippen LogP contribution in [0, 0.1) is 11.8 Å². The molecule has 0 saturated carbocycles. The van der Waals surface area contributed by atoms with Crippen molar-refractivity contribution in [3.05, 3.63) is 36.2 Å². The summed E-state index contributed by atoms with van der Waals surface area (Å²) >= 11 is 0. The molecule has 0 unspecified atom stereocenters. The van der Waals surface area contributed by atoms with Gasteiger partial charge in [-0.05, 0) is 31.6 Å². The molecule has 0 atom stereocenters. The molecule has 0 radical (unpaired) electrons. The molecule has 2 aliphatic rings. The first-order chi connectivity index (χ1) is 12.8. The molecular weight excluding hydrogens is 328 g/mol. The highest BCUT2D eigenvalue weighted by molar-refractivity contribution is 5.79. The number of amides is 1. The number of piperidine rings is 1. The first kappa shape index (κ1) is 17.2. The number of hydrogen-bond donors (Lipinski definition) is 1. The maximum atomic E-state index is 12.6. The number of ether oxygens (including phenoxy) is 1. The van der Waals surface area contributed by atoms with Gasteiger partial charge in [-0.2, -0.15) is 5.10 Å². The Hall–Kier alpha value is -2.21. The van der Waals surface area contributed by atoms with Crippen LogP contribution >= 0.6 is 0 Å². The van der Waals surface area contributed by atoms with Gasteiger partial charge in [0.1, 0.15) is 5.82 Å². The number of aromatic amines is 1. The Morgan fingerprint density at radius 3 is 2.58 bits per heavy atom. The second-order valence-electron chi connectivity index (χ2n) is 7.33. The zero-order chi connectivity index (χ0) is 17.8. The van der Waals surface area contributed by atoms with Crippen LogP contribution in [-0.2, 0) is 16.0 Å². The van der Waals surface area contributed by atoms with Crippen molar-refractivity contribution in [2.75, 3.05) is 26.3 Å². The van der Waals surface area contributed by atoms with Gasteiger partial charge in [0, 0.05) is 44.2 Å². The van der Waals surface area contributed by atoms with Crippen LogP contribution < -0.4 is 0 Å².